The molecule has 1 aromatic carbocycles. The number of benzene rings is 1. The average molecular weight is 270 g/mol. The maximum absolute atomic E-state index is 12.1. The van der Waals surface area contributed by atoms with Gasteiger partial charge in [-0.15, -0.1) is 0 Å². The van der Waals surface area contributed by atoms with Crippen LogP contribution < -0.4 is 0 Å². The van der Waals surface area contributed by atoms with Gasteiger partial charge in [0.1, 0.15) is 4.64 Å². The number of pyridine rings is 1. The molecule has 0 atom stereocenters. The number of nitrogens with one attached hydrogen (secondary N) is 1. The molecule has 5 nitrogen and oxygen atoms in total. The molecule has 2 aromatic rings. The number of aromatic amines is 1. The summed E-state index contributed by atoms with van der Waals surface area (Å²) in [5, 5.41) is 3.56. The molecular weight excluding hydrogens is 260 g/mol. The van der Waals surface area contributed by atoms with E-state index in [-0.39, 0.29) is 12.2 Å². The lowest BCUT2D eigenvalue weighted by molar-refractivity contribution is 0.0993. The van der Waals surface area contributed by atoms with Crippen LogP contribution in [-0.4, -0.2) is 10.8 Å². The van der Waals surface area contributed by atoms with E-state index >= 15 is 0 Å². The van der Waals surface area contributed by atoms with E-state index < -0.39 is 0 Å². The fraction of sp³-hybridized carbons (Fsp3) is 0.0769. The first-order valence-corrected chi connectivity index (χ1v) is 5.97. The van der Waals surface area contributed by atoms with Crippen molar-refractivity contribution in [3.63, 3.8) is 0 Å². The van der Waals surface area contributed by atoms with Crippen molar-refractivity contribution in [2.45, 2.75) is 6.42 Å². The summed E-state index contributed by atoms with van der Waals surface area (Å²) in [6.45, 7) is 0. The van der Waals surface area contributed by atoms with Crippen molar-refractivity contribution in [2.24, 2.45) is 5.11 Å². The highest BCUT2D eigenvalue weighted by Crippen LogP contribution is 2.21. The van der Waals surface area contributed by atoms with Crippen LogP contribution in [0.2, 0.25) is 0 Å². The molecule has 1 heterocycles. The summed E-state index contributed by atoms with van der Waals surface area (Å²) in [5.74, 6) is -0.0688. The maximum atomic E-state index is 12.1. The first kappa shape index (κ1) is 13.0. The van der Waals surface area contributed by atoms with Crippen molar-refractivity contribution in [2.75, 3.05) is 0 Å². The molecule has 94 valence electrons. The average Bonchev–Trinajstić information content (AvgIpc) is 2.44. The van der Waals surface area contributed by atoms with Crippen LogP contribution in [0.25, 0.3) is 10.4 Å². The van der Waals surface area contributed by atoms with E-state index in [0.29, 0.717) is 21.5 Å². The lowest BCUT2D eigenvalue weighted by atomic mass is 10.0. The molecule has 2 rings (SSSR count). The van der Waals surface area contributed by atoms with Gasteiger partial charge in [-0.2, -0.15) is 0 Å². The quantitative estimate of drug-likeness (QED) is 0.298. The number of ketones is 1. The molecule has 0 saturated heterocycles. The molecule has 0 aliphatic heterocycles. The minimum absolute atomic E-state index is 0.0688. The fourth-order valence-corrected chi connectivity index (χ4v) is 1.94. The van der Waals surface area contributed by atoms with E-state index in [1.165, 1.54) is 0 Å². The van der Waals surface area contributed by atoms with Crippen molar-refractivity contribution in [3.8, 4) is 0 Å². The number of carbonyl (C=O) groups excluding carboxylic acids is 1. The van der Waals surface area contributed by atoms with E-state index in [2.05, 4.69) is 15.0 Å². The Hall–Kier alpha value is -2.43. The summed E-state index contributed by atoms with van der Waals surface area (Å²) in [6.07, 6.45) is 1.69. The zero-order chi connectivity index (χ0) is 13.7. The van der Waals surface area contributed by atoms with Crippen LogP contribution in [0.4, 0.5) is 5.69 Å². The van der Waals surface area contributed by atoms with E-state index in [4.69, 9.17) is 17.7 Å². The molecule has 0 amide bonds. The Balaban J connectivity index is 2.36. The third-order valence-electron chi connectivity index (χ3n) is 2.62. The van der Waals surface area contributed by atoms with Crippen molar-refractivity contribution >= 4 is 23.7 Å². The minimum atomic E-state index is -0.0688. The molecule has 0 spiro atoms. The molecule has 19 heavy (non-hydrogen) atoms. The summed E-state index contributed by atoms with van der Waals surface area (Å²) in [5.41, 5.74) is 10.0. The monoisotopic (exact) mass is 270 g/mol. The number of Topliss-reactive ketones (excluding diaryl/α,β-unsaturated/α-hetero) is 1. The van der Waals surface area contributed by atoms with Gasteiger partial charge in [0.15, 0.2) is 5.78 Å². The Morgan fingerprint density at radius 2 is 2.05 bits per heavy atom. The normalized spacial score (nSPS) is 9.68. The van der Waals surface area contributed by atoms with Gasteiger partial charge in [-0.25, -0.2) is 0 Å². The topological polar surface area (TPSA) is 81.6 Å². The molecule has 0 aliphatic rings. The first-order chi connectivity index (χ1) is 9.22. The van der Waals surface area contributed by atoms with Crippen LogP contribution in [0.3, 0.4) is 0 Å². The molecule has 1 aromatic heterocycles. The molecular formula is C13H10N4OS. The van der Waals surface area contributed by atoms with Crippen molar-refractivity contribution in [3.05, 3.63) is 68.8 Å². The highest BCUT2D eigenvalue weighted by Gasteiger charge is 2.11. The maximum Gasteiger partial charge on any atom is 0.167 e. The predicted molar refractivity (Wildman–Crippen MR) is 74.9 cm³/mol. The highest BCUT2D eigenvalue weighted by molar-refractivity contribution is 7.71. The van der Waals surface area contributed by atoms with E-state index in [1.807, 2.05) is 6.07 Å². The molecule has 0 radical (unpaired) electrons. The third kappa shape index (κ3) is 3.07. The third-order valence-corrected chi connectivity index (χ3v) is 2.99. The van der Waals surface area contributed by atoms with Crippen LogP contribution in [0.5, 0.6) is 0 Å². The Labute approximate surface area is 114 Å². The Morgan fingerprint density at radius 1 is 1.32 bits per heavy atom. The molecule has 0 aliphatic carbocycles. The van der Waals surface area contributed by atoms with Gasteiger partial charge in [-0.05, 0) is 11.6 Å². The number of aromatic nitrogens is 1. The fourth-order valence-electron chi connectivity index (χ4n) is 1.70. The SMILES string of the molecule is [N-]=[N+]=Nc1cc[nH]c(=S)c1CC(=O)c1ccccc1. The Bertz CT molecular complexity index is 702. The molecule has 0 unspecified atom stereocenters. The van der Waals surface area contributed by atoms with Crippen LogP contribution in [0, 0.1) is 4.64 Å². The van der Waals surface area contributed by atoms with E-state index in [1.54, 1.807) is 36.5 Å². The largest absolute Gasteiger partial charge is 0.353 e. The summed E-state index contributed by atoms with van der Waals surface area (Å²) in [6, 6.07) is 10.5. The molecule has 6 heteroatoms. The molecule has 0 saturated carbocycles. The molecule has 1 N–H and O–H groups in total. The standard InChI is InChI=1S/C13H10N4OS/c14-17-16-11-6-7-15-13(19)10(11)8-12(18)9-4-2-1-3-5-9/h1-7H,8H2,(H,15,19). The zero-order valence-electron chi connectivity index (χ0n) is 9.91. The summed E-state index contributed by atoms with van der Waals surface area (Å²) in [7, 11) is 0. The highest BCUT2D eigenvalue weighted by atomic mass is 32.1. The van der Waals surface area contributed by atoms with Gasteiger partial charge < -0.3 is 4.98 Å². The van der Waals surface area contributed by atoms with Gasteiger partial charge >= 0.3 is 0 Å². The van der Waals surface area contributed by atoms with Crippen LogP contribution in [-0.2, 0) is 6.42 Å². The van der Waals surface area contributed by atoms with Crippen LogP contribution >= 0.6 is 12.2 Å². The molecule has 0 fully saturated rings. The number of nitrogens with zero attached hydrogens (tertiary/aromatic N) is 3. The second-order valence-electron chi connectivity index (χ2n) is 3.83. The van der Waals surface area contributed by atoms with Crippen molar-refractivity contribution in [1.82, 2.24) is 4.98 Å². The second-order valence-corrected chi connectivity index (χ2v) is 4.23. The molecule has 0 bridgehead atoms. The Morgan fingerprint density at radius 3 is 2.74 bits per heavy atom. The van der Waals surface area contributed by atoms with E-state index in [9.17, 15) is 4.79 Å². The van der Waals surface area contributed by atoms with Crippen LogP contribution in [0.15, 0.2) is 47.7 Å². The van der Waals surface area contributed by atoms with E-state index in [0.717, 1.165) is 0 Å². The summed E-state index contributed by atoms with van der Waals surface area (Å²) < 4.78 is 0.411. The van der Waals surface area contributed by atoms with Gasteiger partial charge in [-0.3, -0.25) is 4.79 Å². The number of hydrogen-bond acceptors (Lipinski definition) is 3. The number of H-pyrrole nitrogens is 1. The first-order valence-electron chi connectivity index (χ1n) is 5.56. The zero-order valence-corrected chi connectivity index (χ0v) is 10.7. The van der Waals surface area contributed by atoms with Crippen molar-refractivity contribution < 1.29 is 4.79 Å². The second kappa shape index (κ2) is 5.95. The summed E-state index contributed by atoms with van der Waals surface area (Å²) >= 11 is 5.13. The number of carbonyl (C=O) groups is 1. The van der Waals surface area contributed by atoms with Gasteiger partial charge in [-0.1, -0.05) is 47.7 Å². The smallest absolute Gasteiger partial charge is 0.167 e. The van der Waals surface area contributed by atoms with Gasteiger partial charge in [0, 0.05) is 34.3 Å². The minimum Gasteiger partial charge on any atom is -0.353 e. The van der Waals surface area contributed by atoms with Crippen LogP contribution in [0.1, 0.15) is 15.9 Å². The summed E-state index contributed by atoms with van der Waals surface area (Å²) in [4.78, 5) is 17.7. The van der Waals surface area contributed by atoms with Gasteiger partial charge in [0.25, 0.3) is 0 Å². The lowest BCUT2D eigenvalue weighted by Crippen LogP contribution is -2.04. The number of hydrogen-bond donors (Lipinski definition) is 1. The lowest BCUT2D eigenvalue weighted by Gasteiger charge is -2.05. The van der Waals surface area contributed by atoms with Crippen molar-refractivity contribution in [1.29, 1.82) is 0 Å². The number of azide groups is 1. The number of rotatable bonds is 4. The van der Waals surface area contributed by atoms with Gasteiger partial charge in [0.05, 0.1) is 0 Å². The van der Waals surface area contributed by atoms with Gasteiger partial charge in [0.2, 0.25) is 0 Å². The Kier molecular flexibility index (Phi) is 4.07. The predicted octanol–water partition coefficient (Wildman–Crippen LogP) is 4.11.